The SMILES string of the molecule is CCN(CC)C(=O)CCNCC1CCCCN1C. The first-order valence-electron chi connectivity index (χ1n) is 7.37. The largest absolute Gasteiger partial charge is 0.343 e. The number of likely N-dealkylation sites (tertiary alicyclic amines) is 1. The summed E-state index contributed by atoms with van der Waals surface area (Å²) in [6.45, 7) is 8.74. The predicted octanol–water partition coefficient (Wildman–Crippen LogP) is 1.32. The number of carbonyl (C=O) groups excluding carboxylic acids is 1. The zero-order chi connectivity index (χ0) is 13.4. The molecule has 0 aromatic heterocycles. The van der Waals surface area contributed by atoms with Crippen molar-refractivity contribution in [2.24, 2.45) is 0 Å². The van der Waals surface area contributed by atoms with Crippen LogP contribution < -0.4 is 5.32 Å². The molecule has 0 aromatic rings. The lowest BCUT2D eigenvalue weighted by atomic mass is 10.0. The van der Waals surface area contributed by atoms with Crippen molar-refractivity contribution < 1.29 is 4.79 Å². The molecular weight excluding hydrogens is 226 g/mol. The van der Waals surface area contributed by atoms with E-state index in [1.807, 2.05) is 18.7 Å². The minimum Gasteiger partial charge on any atom is -0.343 e. The van der Waals surface area contributed by atoms with E-state index in [9.17, 15) is 4.79 Å². The lowest BCUT2D eigenvalue weighted by molar-refractivity contribution is -0.130. The van der Waals surface area contributed by atoms with Crippen LogP contribution in [-0.4, -0.2) is 61.5 Å². The van der Waals surface area contributed by atoms with Crippen LogP contribution in [0.5, 0.6) is 0 Å². The number of amides is 1. The standard InChI is InChI=1S/C14H29N3O/c1-4-17(5-2)14(18)9-10-15-12-13-8-6-7-11-16(13)3/h13,15H,4-12H2,1-3H3. The van der Waals surface area contributed by atoms with Gasteiger partial charge in [0.05, 0.1) is 0 Å². The van der Waals surface area contributed by atoms with Gasteiger partial charge in [-0.25, -0.2) is 0 Å². The number of hydrogen-bond acceptors (Lipinski definition) is 3. The average Bonchev–Trinajstić information content (AvgIpc) is 2.38. The van der Waals surface area contributed by atoms with Gasteiger partial charge >= 0.3 is 0 Å². The molecule has 1 fully saturated rings. The van der Waals surface area contributed by atoms with Crippen molar-refractivity contribution in [1.82, 2.24) is 15.1 Å². The topological polar surface area (TPSA) is 35.6 Å². The Hall–Kier alpha value is -0.610. The zero-order valence-corrected chi connectivity index (χ0v) is 12.2. The van der Waals surface area contributed by atoms with Gasteiger partial charge in [-0.05, 0) is 40.3 Å². The Labute approximate surface area is 112 Å². The Kier molecular flexibility index (Phi) is 7.28. The minimum atomic E-state index is 0.268. The fraction of sp³-hybridized carbons (Fsp3) is 0.929. The van der Waals surface area contributed by atoms with E-state index in [2.05, 4.69) is 17.3 Å². The van der Waals surface area contributed by atoms with Crippen LogP contribution in [0.1, 0.15) is 39.5 Å². The molecule has 0 radical (unpaired) electrons. The molecule has 1 N–H and O–H groups in total. The summed E-state index contributed by atoms with van der Waals surface area (Å²) in [6.07, 6.45) is 4.58. The van der Waals surface area contributed by atoms with E-state index in [0.29, 0.717) is 12.5 Å². The molecule has 18 heavy (non-hydrogen) atoms. The quantitative estimate of drug-likeness (QED) is 0.697. The van der Waals surface area contributed by atoms with Crippen molar-refractivity contribution in [3.63, 3.8) is 0 Å². The highest BCUT2D eigenvalue weighted by atomic mass is 16.2. The van der Waals surface area contributed by atoms with Crippen molar-refractivity contribution in [2.75, 3.05) is 39.8 Å². The molecule has 1 heterocycles. The zero-order valence-electron chi connectivity index (χ0n) is 12.2. The Morgan fingerprint density at radius 2 is 2.06 bits per heavy atom. The second-order valence-corrected chi connectivity index (χ2v) is 5.15. The van der Waals surface area contributed by atoms with E-state index >= 15 is 0 Å². The molecule has 4 heteroatoms. The van der Waals surface area contributed by atoms with Gasteiger partial charge in [0.1, 0.15) is 0 Å². The summed E-state index contributed by atoms with van der Waals surface area (Å²) in [5.41, 5.74) is 0. The Balaban J connectivity index is 2.12. The van der Waals surface area contributed by atoms with Gasteiger partial charge in [0.15, 0.2) is 0 Å². The minimum absolute atomic E-state index is 0.268. The van der Waals surface area contributed by atoms with Crippen LogP contribution in [0.2, 0.25) is 0 Å². The summed E-state index contributed by atoms with van der Waals surface area (Å²) in [5, 5.41) is 3.43. The van der Waals surface area contributed by atoms with E-state index in [1.165, 1.54) is 25.8 Å². The van der Waals surface area contributed by atoms with Gasteiger partial charge in [0.2, 0.25) is 5.91 Å². The van der Waals surface area contributed by atoms with Crippen molar-refractivity contribution in [2.45, 2.75) is 45.6 Å². The van der Waals surface area contributed by atoms with Gasteiger partial charge < -0.3 is 15.1 Å². The highest BCUT2D eigenvalue weighted by Crippen LogP contribution is 2.13. The van der Waals surface area contributed by atoms with E-state index in [0.717, 1.165) is 26.2 Å². The fourth-order valence-electron chi connectivity index (χ4n) is 2.60. The van der Waals surface area contributed by atoms with Gasteiger partial charge in [-0.15, -0.1) is 0 Å². The highest BCUT2D eigenvalue weighted by Gasteiger charge is 2.18. The summed E-state index contributed by atoms with van der Waals surface area (Å²) in [5.74, 6) is 0.268. The van der Waals surface area contributed by atoms with Crippen LogP contribution in [0.4, 0.5) is 0 Å². The maximum Gasteiger partial charge on any atom is 0.223 e. The number of nitrogens with zero attached hydrogens (tertiary/aromatic N) is 2. The summed E-state index contributed by atoms with van der Waals surface area (Å²) in [7, 11) is 2.20. The molecule has 106 valence electrons. The normalized spacial score (nSPS) is 20.9. The summed E-state index contributed by atoms with van der Waals surface area (Å²) in [4.78, 5) is 16.1. The van der Waals surface area contributed by atoms with Gasteiger partial charge in [-0.2, -0.15) is 0 Å². The first-order valence-corrected chi connectivity index (χ1v) is 7.37. The molecule has 1 rings (SSSR count). The summed E-state index contributed by atoms with van der Waals surface area (Å²) in [6, 6.07) is 0.655. The summed E-state index contributed by atoms with van der Waals surface area (Å²) >= 11 is 0. The molecule has 0 saturated carbocycles. The number of likely N-dealkylation sites (N-methyl/N-ethyl adjacent to an activating group) is 1. The van der Waals surface area contributed by atoms with E-state index in [1.54, 1.807) is 0 Å². The number of rotatable bonds is 7. The molecule has 1 amide bonds. The molecule has 1 saturated heterocycles. The Bertz CT molecular complexity index is 241. The van der Waals surface area contributed by atoms with Gasteiger partial charge in [-0.1, -0.05) is 6.42 Å². The molecule has 4 nitrogen and oxygen atoms in total. The fourth-order valence-corrected chi connectivity index (χ4v) is 2.60. The number of hydrogen-bond donors (Lipinski definition) is 1. The van der Waals surface area contributed by atoms with Crippen LogP contribution in [0, 0.1) is 0 Å². The second kappa shape index (κ2) is 8.48. The van der Waals surface area contributed by atoms with Crippen LogP contribution in [-0.2, 0) is 4.79 Å². The third-order valence-electron chi connectivity index (χ3n) is 3.93. The van der Waals surface area contributed by atoms with Crippen molar-refractivity contribution >= 4 is 5.91 Å². The molecule has 1 aliphatic heterocycles. The maximum atomic E-state index is 11.8. The number of nitrogens with one attached hydrogen (secondary N) is 1. The Morgan fingerprint density at radius 1 is 1.33 bits per heavy atom. The van der Waals surface area contributed by atoms with Crippen molar-refractivity contribution in [3.8, 4) is 0 Å². The van der Waals surface area contributed by atoms with E-state index in [4.69, 9.17) is 0 Å². The lowest BCUT2D eigenvalue weighted by Crippen LogP contribution is -2.43. The molecular formula is C14H29N3O. The van der Waals surface area contributed by atoms with Gasteiger partial charge in [0, 0.05) is 38.6 Å². The van der Waals surface area contributed by atoms with E-state index < -0.39 is 0 Å². The number of carbonyl (C=O) groups is 1. The molecule has 0 aliphatic carbocycles. The first-order chi connectivity index (χ1) is 8.69. The molecule has 1 aliphatic rings. The number of piperidine rings is 1. The van der Waals surface area contributed by atoms with Crippen LogP contribution in [0.15, 0.2) is 0 Å². The lowest BCUT2D eigenvalue weighted by Gasteiger charge is -2.32. The van der Waals surface area contributed by atoms with Gasteiger partial charge in [-0.3, -0.25) is 4.79 Å². The monoisotopic (exact) mass is 255 g/mol. The van der Waals surface area contributed by atoms with Crippen LogP contribution >= 0.6 is 0 Å². The van der Waals surface area contributed by atoms with Crippen LogP contribution in [0.25, 0.3) is 0 Å². The van der Waals surface area contributed by atoms with Crippen molar-refractivity contribution in [3.05, 3.63) is 0 Å². The summed E-state index contributed by atoms with van der Waals surface area (Å²) < 4.78 is 0. The van der Waals surface area contributed by atoms with Gasteiger partial charge in [0.25, 0.3) is 0 Å². The Morgan fingerprint density at radius 3 is 2.67 bits per heavy atom. The van der Waals surface area contributed by atoms with E-state index in [-0.39, 0.29) is 5.91 Å². The second-order valence-electron chi connectivity index (χ2n) is 5.15. The molecule has 0 aromatic carbocycles. The molecule has 0 bridgehead atoms. The molecule has 1 unspecified atom stereocenters. The van der Waals surface area contributed by atoms with Crippen molar-refractivity contribution in [1.29, 1.82) is 0 Å². The highest BCUT2D eigenvalue weighted by molar-refractivity contribution is 5.76. The molecule has 1 atom stereocenters. The smallest absolute Gasteiger partial charge is 0.223 e. The third-order valence-corrected chi connectivity index (χ3v) is 3.93. The predicted molar refractivity (Wildman–Crippen MR) is 75.7 cm³/mol. The maximum absolute atomic E-state index is 11.8. The molecule has 0 spiro atoms. The average molecular weight is 255 g/mol. The first kappa shape index (κ1) is 15.4. The third kappa shape index (κ3) is 4.94. The van der Waals surface area contributed by atoms with Crippen LogP contribution in [0.3, 0.4) is 0 Å².